The lowest BCUT2D eigenvalue weighted by Gasteiger charge is -2.01. The van der Waals surface area contributed by atoms with Gasteiger partial charge in [0.05, 0.1) is 0 Å². The zero-order chi connectivity index (χ0) is 14.1. The molecular formula is C16H13ClN2O. The minimum atomic E-state index is 0.535. The number of aryl methyl sites for hydroxylation is 2. The lowest BCUT2D eigenvalue weighted by atomic mass is 10.1. The van der Waals surface area contributed by atoms with Crippen LogP contribution in [0.25, 0.3) is 22.8 Å². The molecule has 0 amide bonds. The standard InChI is InChI=1S/C16H13ClN2O/c1-10-3-8-14(11(2)9-10)16-18-15(19-20-16)12-4-6-13(17)7-5-12/h3-9H,1-2H3. The Labute approximate surface area is 122 Å². The second-order valence-electron chi connectivity index (χ2n) is 4.75. The van der Waals surface area contributed by atoms with E-state index < -0.39 is 0 Å². The maximum atomic E-state index is 5.87. The highest BCUT2D eigenvalue weighted by Crippen LogP contribution is 2.26. The normalized spacial score (nSPS) is 10.8. The molecule has 0 saturated carbocycles. The molecule has 3 rings (SSSR count). The van der Waals surface area contributed by atoms with Crippen LogP contribution in [-0.2, 0) is 0 Å². The maximum Gasteiger partial charge on any atom is 0.258 e. The van der Waals surface area contributed by atoms with Crippen LogP contribution in [0.5, 0.6) is 0 Å². The van der Waals surface area contributed by atoms with Gasteiger partial charge in [-0.15, -0.1) is 0 Å². The molecule has 0 bridgehead atoms. The fraction of sp³-hybridized carbons (Fsp3) is 0.125. The molecule has 0 aliphatic heterocycles. The lowest BCUT2D eigenvalue weighted by molar-refractivity contribution is 0.432. The monoisotopic (exact) mass is 284 g/mol. The summed E-state index contributed by atoms with van der Waals surface area (Å²) in [7, 11) is 0. The maximum absolute atomic E-state index is 5.87. The van der Waals surface area contributed by atoms with E-state index in [9.17, 15) is 0 Å². The first-order chi connectivity index (χ1) is 9.63. The number of benzene rings is 2. The van der Waals surface area contributed by atoms with Crippen molar-refractivity contribution in [1.82, 2.24) is 10.1 Å². The molecule has 0 atom stereocenters. The molecule has 0 fully saturated rings. The number of nitrogens with zero attached hydrogens (tertiary/aromatic N) is 2. The summed E-state index contributed by atoms with van der Waals surface area (Å²) in [6.45, 7) is 4.10. The van der Waals surface area contributed by atoms with Gasteiger partial charge in [-0.1, -0.05) is 34.5 Å². The van der Waals surface area contributed by atoms with Gasteiger partial charge in [0.2, 0.25) is 5.82 Å². The molecule has 1 heterocycles. The smallest absolute Gasteiger partial charge is 0.258 e. The van der Waals surface area contributed by atoms with Crippen molar-refractivity contribution < 1.29 is 4.52 Å². The topological polar surface area (TPSA) is 38.9 Å². The van der Waals surface area contributed by atoms with Gasteiger partial charge in [-0.3, -0.25) is 0 Å². The largest absolute Gasteiger partial charge is 0.334 e. The van der Waals surface area contributed by atoms with Crippen molar-refractivity contribution in [3.05, 3.63) is 58.6 Å². The van der Waals surface area contributed by atoms with E-state index in [-0.39, 0.29) is 0 Å². The number of hydrogen-bond donors (Lipinski definition) is 0. The van der Waals surface area contributed by atoms with Gasteiger partial charge in [0, 0.05) is 16.1 Å². The van der Waals surface area contributed by atoms with Crippen molar-refractivity contribution in [3.63, 3.8) is 0 Å². The van der Waals surface area contributed by atoms with Gasteiger partial charge >= 0.3 is 0 Å². The zero-order valence-electron chi connectivity index (χ0n) is 11.2. The molecule has 100 valence electrons. The van der Waals surface area contributed by atoms with E-state index in [1.807, 2.05) is 43.3 Å². The summed E-state index contributed by atoms with van der Waals surface area (Å²) in [6, 6.07) is 13.5. The van der Waals surface area contributed by atoms with E-state index in [0.717, 1.165) is 16.7 Å². The summed E-state index contributed by atoms with van der Waals surface area (Å²) >= 11 is 5.87. The van der Waals surface area contributed by atoms with Crippen LogP contribution in [0.2, 0.25) is 5.02 Å². The Hall–Kier alpha value is -2.13. The molecule has 20 heavy (non-hydrogen) atoms. The lowest BCUT2D eigenvalue weighted by Crippen LogP contribution is -1.85. The van der Waals surface area contributed by atoms with Crippen LogP contribution in [-0.4, -0.2) is 10.1 Å². The van der Waals surface area contributed by atoms with Gasteiger partial charge in [0.1, 0.15) is 0 Å². The minimum absolute atomic E-state index is 0.535. The molecule has 0 saturated heterocycles. The fourth-order valence-corrected chi connectivity index (χ4v) is 2.23. The van der Waals surface area contributed by atoms with Gasteiger partial charge in [0.15, 0.2) is 0 Å². The highest BCUT2D eigenvalue weighted by Gasteiger charge is 2.12. The molecule has 1 aromatic heterocycles. The quantitative estimate of drug-likeness (QED) is 0.686. The first-order valence-electron chi connectivity index (χ1n) is 6.31. The van der Waals surface area contributed by atoms with Crippen molar-refractivity contribution in [2.75, 3.05) is 0 Å². The molecule has 0 aliphatic rings. The molecule has 3 nitrogen and oxygen atoms in total. The van der Waals surface area contributed by atoms with Gasteiger partial charge in [-0.25, -0.2) is 0 Å². The highest BCUT2D eigenvalue weighted by atomic mass is 35.5. The third-order valence-electron chi connectivity index (χ3n) is 3.14. The third kappa shape index (κ3) is 2.45. The Morgan fingerprint density at radius 2 is 1.75 bits per heavy atom. The average molecular weight is 285 g/mol. The van der Waals surface area contributed by atoms with E-state index in [2.05, 4.69) is 23.1 Å². The molecule has 0 radical (unpaired) electrons. The summed E-state index contributed by atoms with van der Waals surface area (Å²) in [5, 5.41) is 4.71. The molecule has 0 unspecified atom stereocenters. The molecular weight excluding hydrogens is 272 g/mol. The SMILES string of the molecule is Cc1ccc(-c2nc(-c3ccc(Cl)cc3)no2)c(C)c1. The van der Waals surface area contributed by atoms with Crippen LogP contribution < -0.4 is 0 Å². The summed E-state index contributed by atoms with van der Waals surface area (Å²) in [5.41, 5.74) is 4.18. The Morgan fingerprint density at radius 1 is 1.00 bits per heavy atom. The Kier molecular flexibility index (Phi) is 3.28. The van der Waals surface area contributed by atoms with Gasteiger partial charge in [-0.2, -0.15) is 4.98 Å². The minimum Gasteiger partial charge on any atom is -0.334 e. The Morgan fingerprint density at radius 3 is 2.45 bits per heavy atom. The van der Waals surface area contributed by atoms with Crippen LogP contribution in [0, 0.1) is 13.8 Å². The summed E-state index contributed by atoms with van der Waals surface area (Å²) in [5.74, 6) is 1.10. The second kappa shape index (κ2) is 5.10. The predicted molar refractivity (Wildman–Crippen MR) is 79.7 cm³/mol. The third-order valence-corrected chi connectivity index (χ3v) is 3.39. The molecule has 0 aliphatic carbocycles. The van der Waals surface area contributed by atoms with E-state index in [1.165, 1.54) is 5.56 Å². The molecule has 4 heteroatoms. The van der Waals surface area contributed by atoms with Gasteiger partial charge in [0.25, 0.3) is 5.89 Å². The van der Waals surface area contributed by atoms with Crippen molar-refractivity contribution in [3.8, 4) is 22.8 Å². The van der Waals surface area contributed by atoms with Gasteiger partial charge < -0.3 is 4.52 Å². The van der Waals surface area contributed by atoms with E-state index >= 15 is 0 Å². The first kappa shape index (κ1) is 12.9. The fourth-order valence-electron chi connectivity index (χ4n) is 2.10. The van der Waals surface area contributed by atoms with Crippen LogP contribution in [0.3, 0.4) is 0 Å². The summed E-state index contributed by atoms with van der Waals surface area (Å²) < 4.78 is 5.36. The molecule has 0 spiro atoms. The number of hydrogen-bond acceptors (Lipinski definition) is 3. The Bertz CT molecular complexity index is 747. The van der Waals surface area contributed by atoms with Crippen LogP contribution in [0.4, 0.5) is 0 Å². The number of rotatable bonds is 2. The molecule has 0 N–H and O–H groups in total. The summed E-state index contributed by atoms with van der Waals surface area (Å²) in [6.07, 6.45) is 0. The van der Waals surface area contributed by atoms with Crippen molar-refractivity contribution >= 4 is 11.6 Å². The van der Waals surface area contributed by atoms with E-state index in [1.54, 1.807) is 0 Å². The van der Waals surface area contributed by atoms with Crippen LogP contribution >= 0.6 is 11.6 Å². The molecule has 2 aromatic carbocycles. The Balaban J connectivity index is 1.99. The van der Waals surface area contributed by atoms with Crippen molar-refractivity contribution in [1.29, 1.82) is 0 Å². The zero-order valence-corrected chi connectivity index (χ0v) is 12.0. The number of aromatic nitrogens is 2. The first-order valence-corrected chi connectivity index (χ1v) is 6.68. The van der Waals surface area contributed by atoms with Crippen LogP contribution in [0.1, 0.15) is 11.1 Å². The average Bonchev–Trinajstić information content (AvgIpc) is 2.89. The van der Waals surface area contributed by atoms with Crippen molar-refractivity contribution in [2.24, 2.45) is 0 Å². The second-order valence-corrected chi connectivity index (χ2v) is 5.18. The summed E-state index contributed by atoms with van der Waals surface area (Å²) in [4.78, 5) is 4.45. The van der Waals surface area contributed by atoms with E-state index in [0.29, 0.717) is 16.7 Å². The van der Waals surface area contributed by atoms with E-state index in [4.69, 9.17) is 16.1 Å². The highest BCUT2D eigenvalue weighted by molar-refractivity contribution is 6.30. The number of halogens is 1. The van der Waals surface area contributed by atoms with Gasteiger partial charge in [-0.05, 0) is 49.7 Å². The van der Waals surface area contributed by atoms with Crippen LogP contribution in [0.15, 0.2) is 47.0 Å². The predicted octanol–water partition coefficient (Wildman–Crippen LogP) is 4.67. The molecule has 3 aromatic rings. The van der Waals surface area contributed by atoms with Crippen molar-refractivity contribution in [2.45, 2.75) is 13.8 Å².